The zero-order valence-electron chi connectivity index (χ0n) is 16.1. The van der Waals surface area contributed by atoms with Gasteiger partial charge in [-0.3, -0.25) is 4.98 Å². The van der Waals surface area contributed by atoms with Gasteiger partial charge < -0.3 is 9.30 Å². The Bertz CT molecular complexity index is 1250. The standard InChI is InChI=1S/C23H18F3N3O/c1-13-8-9-27-12-16(13)15-10-20-18(11-17(15)24)28-22-7-6-19(29(20)22)14-4-2-3-5-21(14)30-23(25)26/h2-5,8-12,19,23H,6-7H2,1H3/t19-/m0/s1. The maximum atomic E-state index is 14.9. The molecule has 1 aliphatic heterocycles. The fraction of sp³-hybridized carbons (Fsp3) is 0.217. The number of rotatable bonds is 4. The molecule has 0 radical (unpaired) electrons. The van der Waals surface area contributed by atoms with Gasteiger partial charge in [-0.15, -0.1) is 0 Å². The number of para-hydroxylation sites is 1. The van der Waals surface area contributed by atoms with E-state index in [0.29, 0.717) is 35.0 Å². The third-order valence-electron chi connectivity index (χ3n) is 5.63. The summed E-state index contributed by atoms with van der Waals surface area (Å²) >= 11 is 0. The number of pyridine rings is 1. The molecule has 0 aliphatic carbocycles. The Morgan fingerprint density at radius 3 is 2.77 bits per heavy atom. The Morgan fingerprint density at radius 2 is 1.97 bits per heavy atom. The van der Waals surface area contributed by atoms with Gasteiger partial charge >= 0.3 is 6.61 Å². The number of hydrogen-bond donors (Lipinski definition) is 0. The highest BCUT2D eigenvalue weighted by molar-refractivity contribution is 5.84. The second kappa shape index (κ2) is 7.16. The van der Waals surface area contributed by atoms with Crippen LogP contribution in [0.2, 0.25) is 0 Å². The van der Waals surface area contributed by atoms with Gasteiger partial charge in [-0.1, -0.05) is 18.2 Å². The number of halogens is 3. The van der Waals surface area contributed by atoms with E-state index >= 15 is 0 Å². The molecule has 3 heterocycles. The first-order chi connectivity index (χ1) is 14.5. The topological polar surface area (TPSA) is 39.9 Å². The summed E-state index contributed by atoms with van der Waals surface area (Å²) in [6, 6.07) is 11.6. The average molecular weight is 409 g/mol. The van der Waals surface area contributed by atoms with Crippen LogP contribution in [0.25, 0.3) is 22.2 Å². The van der Waals surface area contributed by atoms with Gasteiger partial charge in [-0.2, -0.15) is 8.78 Å². The van der Waals surface area contributed by atoms with E-state index in [1.807, 2.05) is 17.6 Å². The highest BCUT2D eigenvalue weighted by Gasteiger charge is 2.30. The van der Waals surface area contributed by atoms with E-state index in [0.717, 1.165) is 16.9 Å². The number of aryl methyl sites for hydroxylation is 2. The molecule has 0 bridgehead atoms. The zero-order valence-corrected chi connectivity index (χ0v) is 16.1. The van der Waals surface area contributed by atoms with Crippen LogP contribution in [0.15, 0.2) is 54.9 Å². The number of fused-ring (bicyclic) bond motifs is 3. The van der Waals surface area contributed by atoms with Crippen molar-refractivity contribution >= 4 is 11.0 Å². The third kappa shape index (κ3) is 3.01. The first kappa shape index (κ1) is 18.7. The Hall–Kier alpha value is -3.35. The highest BCUT2D eigenvalue weighted by Crippen LogP contribution is 2.41. The molecule has 4 aromatic rings. The Morgan fingerprint density at radius 1 is 1.13 bits per heavy atom. The summed E-state index contributed by atoms with van der Waals surface area (Å²) < 4.78 is 47.5. The van der Waals surface area contributed by atoms with Gasteiger partial charge in [0.2, 0.25) is 0 Å². The van der Waals surface area contributed by atoms with E-state index in [1.165, 1.54) is 6.07 Å². The van der Waals surface area contributed by atoms with Crippen molar-refractivity contribution in [1.29, 1.82) is 0 Å². The van der Waals surface area contributed by atoms with Gasteiger partial charge in [-0.25, -0.2) is 9.37 Å². The van der Waals surface area contributed by atoms with Crippen LogP contribution in [0, 0.1) is 12.7 Å². The van der Waals surface area contributed by atoms with Crippen molar-refractivity contribution in [2.45, 2.75) is 32.4 Å². The molecule has 7 heteroatoms. The van der Waals surface area contributed by atoms with E-state index in [-0.39, 0.29) is 17.6 Å². The summed E-state index contributed by atoms with van der Waals surface area (Å²) in [6.07, 6.45) is 4.69. The third-order valence-corrected chi connectivity index (χ3v) is 5.63. The summed E-state index contributed by atoms with van der Waals surface area (Å²) in [5, 5.41) is 0. The van der Waals surface area contributed by atoms with Crippen molar-refractivity contribution in [1.82, 2.24) is 14.5 Å². The van der Waals surface area contributed by atoms with E-state index < -0.39 is 6.61 Å². The fourth-order valence-corrected chi connectivity index (χ4v) is 4.29. The van der Waals surface area contributed by atoms with Crippen LogP contribution >= 0.6 is 0 Å². The predicted octanol–water partition coefficient (Wildman–Crippen LogP) is 5.68. The van der Waals surface area contributed by atoms with Crippen LogP contribution in [-0.2, 0) is 6.42 Å². The van der Waals surface area contributed by atoms with E-state index in [2.05, 4.69) is 9.97 Å². The summed E-state index contributed by atoms with van der Waals surface area (Å²) in [6.45, 7) is -0.997. The second-order valence-electron chi connectivity index (χ2n) is 7.38. The van der Waals surface area contributed by atoms with Crippen LogP contribution in [0.1, 0.15) is 29.4 Å². The molecule has 1 aliphatic rings. The maximum Gasteiger partial charge on any atom is 0.387 e. The molecule has 0 saturated heterocycles. The summed E-state index contributed by atoms with van der Waals surface area (Å²) in [5.74, 6) is 0.590. The molecule has 1 atom stereocenters. The molecule has 0 saturated carbocycles. The molecular formula is C23H18F3N3O. The smallest absolute Gasteiger partial charge is 0.387 e. The molecule has 0 N–H and O–H groups in total. The van der Waals surface area contributed by atoms with Crippen LogP contribution < -0.4 is 4.74 Å². The maximum absolute atomic E-state index is 14.9. The molecule has 2 aromatic carbocycles. The van der Waals surface area contributed by atoms with Crippen molar-refractivity contribution in [2.24, 2.45) is 0 Å². The second-order valence-corrected chi connectivity index (χ2v) is 7.38. The zero-order chi connectivity index (χ0) is 20.8. The molecule has 2 aromatic heterocycles. The van der Waals surface area contributed by atoms with E-state index in [9.17, 15) is 13.2 Å². The van der Waals surface area contributed by atoms with Gasteiger partial charge in [0.15, 0.2) is 0 Å². The lowest BCUT2D eigenvalue weighted by atomic mass is 10.0. The van der Waals surface area contributed by atoms with E-state index in [1.54, 1.807) is 42.7 Å². The molecule has 0 fully saturated rings. The Labute approximate surface area is 171 Å². The van der Waals surface area contributed by atoms with Crippen molar-refractivity contribution in [3.63, 3.8) is 0 Å². The molecule has 0 unspecified atom stereocenters. The van der Waals surface area contributed by atoms with Gasteiger partial charge in [0.05, 0.1) is 17.1 Å². The Kier molecular flexibility index (Phi) is 4.46. The number of benzene rings is 2. The number of aromatic nitrogens is 3. The van der Waals surface area contributed by atoms with Crippen LogP contribution in [0.4, 0.5) is 13.2 Å². The minimum Gasteiger partial charge on any atom is -0.434 e. The first-order valence-corrected chi connectivity index (χ1v) is 9.68. The summed E-state index contributed by atoms with van der Waals surface area (Å²) in [5.41, 5.74) is 4.04. The lowest BCUT2D eigenvalue weighted by Gasteiger charge is -2.19. The van der Waals surface area contributed by atoms with Gasteiger partial charge in [0, 0.05) is 41.6 Å². The minimum absolute atomic E-state index is 0.151. The molecule has 152 valence electrons. The predicted molar refractivity (Wildman–Crippen MR) is 107 cm³/mol. The lowest BCUT2D eigenvalue weighted by molar-refractivity contribution is -0.0506. The minimum atomic E-state index is -2.90. The van der Waals surface area contributed by atoms with Gasteiger partial charge in [-0.05, 0) is 37.1 Å². The van der Waals surface area contributed by atoms with Crippen LogP contribution in [0.3, 0.4) is 0 Å². The number of imidazole rings is 1. The molecular weight excluding hydrogens is 391 g/mol. The van der Waals surface area contributed by atoms with Crippen molar-refractivity contribution in [3.8, 4) is 16.9 Å². The van der Waals surface area contributed by atoms with Gasteiger partial charge in [0.25, 0.3) is 0 Å². The number of nitrogens with zero attached hydrogens (tertiary/aromatic N) is 3. The van der Waals surface area contributed by atoms with E-state index in [4.69, 9.17) is 4.74 Å². The molecule has 30 heavy (non-hydrogen) atoms. The van der Waals surface area contributed by atoms with Crippen molar-refractivity contribution in [3.05, 3.63) is 77.6 Å². The number of ether oxygens (including phenoxy) is 1. The fourth-order valence-electron chi connectivity index (χ4n) is 4.29. The SMILES string of the molecule is Cc1ccncc1-c1cc2c(cc1F)nc1n2[C@H](c2ccccc2OC(F)F)CC1. The quantitative estimate of drug-likeness (QED) is 0.435. The lowest BCUT2D eigenvalue weighted by Crippen LogP contribution is -2.10. The summed E-state index contributed by atoms with van der Waals surface area (Å²) in [4.78, 5) is 8.72. The van der Waals surface area contributed by atoms with Crippen molar-refractivity contribution in [2.75, 3.05) is 0 Å². The molecule has 4 nitrogen and oxygen atoms in total. The monoisotopic (exact) mass is 409 g/mol. The molecule has 0 spiro atoms. The summed E-state index contributed by atoms with van der Waals surface area (Å²) in [7, 11) is 0. The number of hydrogen-bond acceptors (Lipinski definition) is 3. The average Bonchev–Trinajstić information content (AvgIpc) is 3.27. The molecule has 5 rings (SSSR count). The largest absolute Gasteiger partial charge is 0.434 e. The van der Waals surface area contributed by atoms with Crippen LogP contribution in [0.5, 0.6) is 5.75 Å². The first-order valence-electron chi connectivity index (χ1n) is 9.68. The number of alkyl halides is 2. The van der Waals surface area contributed by atoms with Crippen molar-refractivity contribution < 1.29 is 17.9 Å². The normalized spacial score (nSPS) is 15.7. The highest BCUT2D eigenvalue weighted by atomic mass is 19.3. The molecule has 0 amide bonds. The Balaban J connectivity index is 1.68. The van der Waals surface area contributed by atoms with Crippen LogP contribution in [-0.4, -0.2) is 21.1 Å². The van der Waals surface area contributed by atoms with Gasteiger partial charge in [0.1, 0.15) is 17.4 Å².